The summed E-state index contributed by atoms with van der Waals surface area (Å²) in [6.07, 6.45) is 0.377. The summed E-state index contributed by atoms with van der Waals surface area (Å²) < 4.78 is 11.3. The molecule has 3 rings (SSSR count). The van der Waals surface area contributed by atoms with Crippen molar-refractivity contribution in [3.63, 3.8) is 0 Å². The number of ether oxygens (including phenoxy) is 2. The summed E-state index contributed by atoms with van der Waals surface area (Å²) in [6.45, 7) is 9.89. The van der Waals surface area contributed by atoms with Gasteiger partial charge in [0, 0.05) is 18.5 Å². The number of methoxy groups -OCH3 is 1. The molecule has 0 fully saturated rings. The Hall–Kier alpha value is -3.80. The van der Waals surface area contributed by atoms with Gasteiger partial charge in [-0.2, -0.15) is 0 Å². The number of carbonyl (C=O) groups excluding carboxylic acids is 2. The zero-order chi connectivity index (χ0) is 27.0. The lowest BCUT2D eigenvalue weighted by Gasteiger charge is -2.33. The Balaban J connectivity index is 1.94. The van der Waals surface area contributed by atoms with E-state index in [0.717, 1.165) is 22.3 Å². The van der Waals surface area contributed by atoms with Crippen LogP contribution < -0.4 is 14.8 Å². The molecule has 2 amide bonds. The van der Waals surface area contributed by atoms with Crippen LogP contribution in [-0.4, -0.2) is 42.0 Å². The molecule has 1 unspecified atom stereocenters. The van der Waals surface area contributed by atoms with Crippen molar-refractivity contribution in [2.75, 3.05) is 13.7 Å². The van der Waals surface area contributed by atoms with E-state index in [0.29, 0.717) is 17.9 Å². The zero-order valence-corrected chi connectivity index (χ0v) is 22.7. The number of carbonyl (C=O) groups is 2. The third kappa shape index (κ3) is 8.38. The Morgan fingerprint density at radius 3 is 2.22 bits per heavy atom. The number of hydrogen-bond acceptors (Lipinski definition) is 4. The van der Waals surface area contributed by atoms with E-state index in [9.17, 15) is 9.59 Å². The van der Waals surface area contributed by atoms with Gasteiger partial charge in [-0.3, -0.25) is 9.59 Å². The molecule has 1 atom stereocenters. The fourth-order valence-corrected chi connectivity index (χ4v) is 4.01. The topological polar surface area (TPSA) is 67.9 Å². The molecule has 0 saturated carbocycles. The first-order valence-electron chi connectivity index (χ1n) is 12.5. The van der Waals surface area contributed by atoms with Gasteiger partial charge in [0.15, 0.2) is 6.61 Å². The van der Waals surface area contributed by atoms with Crippen LogP contribution in [0.25, 0.3) is 0 Å². The first-order chi connectivity index (χ1) is 17.6. The van der Waals surface area contributed by atoms with E-state index >= 15 is 0 Å². The highest BCUT2D eigenvalue weighted by Crippen LogP contribution is 2.20. The Kier molecular flexibility index (Phi) is 9.34. The maximum Gasteiger partial charge on any atom is 0.261 e. The highest BCUT2D eigenvalue weighted by atomic mass is 16.5. The molecule has 0 radical (unpaired) electrons. The van der Waals surface area contributed by atoms with E-state index in [1.165, 1.54) is 0 Å². The van der Waals surface area contributed by atoms with E-state index in [-0.39, 0.29) is 25.0 Å². The lowest BCUT2D eigenvalue weighted by Crippen LogP contribution is -2.55. The molecule has 1 N–H and O–H groups in total. The number of benzene rings is 3. The highest BCUT2D eigenvalue weighted by Gasteiger charge is 2.32. The van der Waals surface area contributed by atoms with Gasteiger partial charge in [0.25, 0.3) is 5.91 Å². The number of amides is 2. The Bertz CT molecular complexity index is 1200. The molecule has 3 aromatic rings. The molecule has 6 nitrogen and oxygen atoms in total. The molecular weight excluding hydrogens is 464 g/mol. The second-order valence-corrected chi connectivity index (χ2v) is 10.4. The van der Waals surface area contributed by atoms with Crippen LogP contribution in [0.2, 0.25) is 0 Å². The highest BCUT2D eigenvalue weighted by molar-refractivity contribution is 5.89. The van der Waals surface area contributed by atoms with Crippen LogP contribution in [0.1, 0.15) is 43.0 Å². The van der Waals surface area contributed by atoms with Crippen LogP contribution in [-0.2, 0) is 22.6 Å². The van der Waals surface area contributed by atoms with E-state index in [4.69, 9.17) is 9.47 Å². The number of aryl methyl sites for hydroxylation is 2. The van der Waals surface area contributed by atoms with Crippen molar-refractivity contribution >= 4 is 11.8 Å². The monoisotopic (exact) mass is 502 g/mol. The van der Waals surface area contributed by atoms with Gasteiger partial charge in [-0.25, -0.2) is 0 Å². The van der Waals surface area contributed by atoms with Crippen LogP contribution in [0.5, 0.6) is 11.5 Å². The van der Waals surface area contributed by atoms with Gasteiger partial charge < -0.3 is 19.7 Å². The predicted molar refractivity (Wildman–Crippen MR) is 147 cm³/mol. The normalized spacial score (nSPS) is 11.9. The van der Waals surface area contributed by atoms with Gasteiger partial charge in [-0.05, 0) is 81.1 Å². The molecule has 6 heteroatoms. The van der Waals surface area contributed by atoms with Gasteiger partial charge in [0.1, 0.15) is 17.5 Å². The summed E-state index contributed by atoms with van der Waals surface area (Å²) in [5, 5.41) is 3.07. The largest absolute Gasteiger partial charge is 0.497 e. The summed E-state index contributed by atoms with van der Waals surface area (Å²) in [6, 6.07) is 22.3. The minimum atomic E-state index is -0.733. The van der Waals surface area contributed by atoms with Gasteiger partial charge in [-0.15, -0.1) is 0 Å². The van der Waals surface area contributed by atoms with Crippen molar-refractivity contribution in [1.29, 1.82) is 0 Å². The summed E-state index contributed by atoms with van der Waals surface area (Å²) in [5.41, 5.74) is 3.62. The fourth-order valence-electron chi connectivity index (χ4n) is 4.01. The van der Waals surface area contributed by atoms with E-state index < -0.39 is 11.6 Å². The minimum absolute atomic E-state index is 0.180. The SMILES string of the molecule is COc1cccc(CN(C(=O)COc2ccc(C)c(C)c2)C(Cc2ccccc2)C(=O)NC(C)(C)C)c1. The van der Waals surface area contributed by atoms with E-state index in [1.807, 2.05) is 107 Å². The van der Waals surface area contributed by atoms with E-state index in [1.54, 1.807) is 12.0 Å². The maximum absolute atomic E-state index is 13.7. The molecule has 0 bridgehead atoms. The third-order valence-electron chi connectivity index (χ3n) is 6.10. The Labute approximate surface area is 220 Å². The molecule has 196 valence electrons. The summed E-state index contributed by atoms with van der Waals surface area (Å²) in [7, 11) is 1.61. The second kappa shape index (κ2) is 12.4. The molecule has 0 aliphatic heterocycles. The van der Waals surface area contributed by atoms with Crippen molar-refractivity contribution in [1.82, 2.24) is 10.2 Å². The van der Waals surface area contributed by atoms with Crippen LogP contribution in [0.3, 0.4) is 0 Å². The molecule has 0 spiro atoms. The molecular formula is C31H38N2O4. The number of rotatable bonds is 10. The van der Waals surface area contributed by atoms with Gasteiger partial charge >= 0.3 is 0 Å². The Morgan fingerprint density at radius 2 is 1.57 bits per heavy atom. The smallest absolute Gasteiger partial charge is 0.261 e. The van der Waals surface area contributed by atoms with Crippen molar-refractivity contribution < 1.29 is 19.1 Å². The quantitative estimate of drug-likeness (QED) is 0.411. The van der Waals surface area contributed by atoms with Crippen LogP contribution in [0, 0.1) is 13.8 Å². The lowest BCUT2D eigenvalue weighted by molar-refractivity contribution is -0.143. The third-order valence-corrected chi connectivity index (χ3v) is 6.10. The van der Waals surface area contributed by atoms with Crippen molar-refractivity contribution in [2.45, 2.75) is 59.2 Å². The lowest BCUT2D eigenvalue weighted by atomic mass is 10.0. The fraction of sp³-hybridized carbons (Fsp3) is 0.355. The molecule has 0 aromatic heterocycles. The first-order valence-corrected chi connectivity index (χ1v) is 12.5. The molecule has 0 aliphatic carbocycles. The summed E-state index contributed by atoms with van der Waals surface area (Å²) >= 11 is 0. The molecule has 0 aliphatic rings. The number of nitrogens with zero attached hydrogens (tertiary/aromatic N) is 1. The van der Waals surface area contributed by atoms with Crippen molar-refractivity contribution in [3.8, 4) is 11.5 Å². The molecule has 0 heterocycles. The maximum atomic E-state index is 13.7. The summed E-state index contributed by atoms with van der Waals surface area (Å²) in [4.78, 5) is 28.9. The summed E-state index contributed by atoms with van der Waals surface area (Å²) in [5.74, 6) is 0.830. The molecule has 0 saturated heterocycles. The molecule has 37 heavy (non-hydrogen) atoms. The average molecular weight is 503 g/mol. The standard InChI is InChI=1S/C31H38N2O4/c1-22-15-16-27(17-23(22)2)37-21-29(34)33(20-25-13-10-14-26(18-25)36-6)28(30(35)32-31(3,4)5)19-24-11-8-7-9-12-24/h7-18,28H,19-21H2,1-6H3,(H,32,35). The van der Waals surface area contributed by atoms with Crippen LogP contribution in [0.15, 0.2) is 72.8 Å². The average Bonchev–Trinajstić information content (AvgIpc) is 2.86. The second-order valence-electron chi connectivity index (χ2n) is 10.4. The number of hydrogen-bond donors (Lipinski definition) is 1. The number of nitrogens with one attached hydrogen (secondary N) is 1. The first kappa shape index (κ1) is 27.8. The van der Waals surface area contributed by atoms with Crippen LogP contribution in [0.4, 0.5) is 0 Å². The Morgan fingerprint density at radius 1 is 0.865 bits per heavy atom. The van der Waals surface area contributed by atoms with Gasteiger partial charge in [0.05, 0.1) is 7.11 Å². The minimum Gasteiger partial charge on any atom is -0.497 e. The van der Waals surface area contributed by atoms with Gasteiger partial charge in [-0.1, -0.05) is 48.5 Å². The van der Waals surface area contributed by atoms with Crippen LogP contribution >= 0.6 is 0 Å². The van der Waals surface area contributed by atoms with E-state index in [2.05, 4.69) is 5.32 Å². The van der Waals surface area contributed by atoms with Crippen molar-refractivity contribution in [3.05, 3.63) is 95.1 Å². The predicted octanol–water partition coefficient (Wildman–Crippen LogP) is 5.25. The zero-order valence-electron chi connectivity index (χ0n) is 22.7. The molecule has 3 aromatic carbocycles. The van der Waals surface area contributed by atoms with Crippen molar-refractivity contribution in [2.24, 2.45) is 0 Å². The van der Waals surface area contributed by atoms with Gasteiger partial charge in [0.2, 0.25) is 5.91 Å².